The zero-order chi connectivity index (χ0) is 17.3. The summed E-state index contributed by atoms with van der Waals surface area (Å²) in [7, 11) is 0. The van der Waals surface area contributed by atoms with Crippen molar-refractivity contribution in [3.63, 3.8) is 0 Å². The normalized spacial score (nSPS) is 17.9. The number of ether oxygens (including phenoxy) is 1. The highest BCUT2D eigenvalue weighted by molar-refractivity contribution is 6.05. The highest BCUT2D eigenvalue weighted by Gasteiger charge is 2.31. The molecule has 5 nitrogen and oxygen atoms in total. The third kappa shape index (κ3) is 3.22. The fourth-order valence-corrected chi connectivity index (χ4v) is 3.19. The fraction of sp³-hybridized carbons (Fsp3) is 0.474. The van der Waals surface area contributed by atoms with Crippen LogP contribution in [-0.2, 0) is 10.3 Å². The van der Waals surface area contributed by atoms with Crippen molar-refractivity contribution in [2.45, 2.75) is 45.7 Å². The molecule has 1 aliphatic heterocycles. The average Bonchev–Trinajstić information content (AvgIpc) is 3.17. The zero-order valence-electron chi connectivity index (χ0n) is 14.8. The lowest BCUT2D eigenvalue weighted by Crippen LogP contribution is -2.41. The molecular weight excluding hydrogens is 302 g/mol. The first-order chi connectivity index (χ1) is 11.4. The Hall–Kier alpha value is -2.14. The van der Waals surface area contributed by atoms with Crippen molar-refractivity contribution in [3.05, 3.63) is 47.8 Å². The molecule has 24 heavy (non-hydrogen) atoms. The molecule has 1 fully saturated rings. The van der Waals surface area contributed by atoms with Gasteiger partial charge in [-0.15, -0.1) is 0 Å². The minimum absolute atomic E-state index is 0.0555. The lowest BCUT2D eigenvalue weighted by atomic mass is 10.1. The van der Waals surface area contributed by atoms with E-state index in [0.717, 1.165) is 17.8 Å². The molecule has 5 heteroatoms. The number of anilines is 1. The summed E-state index contributed by atoms with van der Waals surface area (Å²) < 4.78 is 7.42. The molecule has 0 aliphatic carbocycles. The predicted molar refractivity (Wildman–Crippen MR) is 94.4 cm³/mol. The molecule has 0 bridgehead atoms. The quantitative estimate of drug-likeness (QED) is 0.868. The van der Waals surface area contributed by atoms with Crippen LogP contribution in [0, 0.1) is 6.92 Å². The Morgan fingerprint density at radius 1 is 1.29 bits per heavy atom. The molecule has 1 saturated heterocycles. The van der Waals surface area contributed by atoms with Gasteiger partial charge in [0.1, 0.15) is 0 Å². The summed E-state index contributed by atoms with van der Waals surface area (Å²) in [6, 6.07) is 11.7. The average molecular weight is 327 g/mol. The van der Waals surface area contributed by atoms with Gasteiger partial charge in [0, 0.05) is 18.0 Å². The van der Waals surface area contributed by atoms with Crippen molar-refractivity contribution in [1.29, 1.82) is 0 Å². The minimum Gasteiger partial charge on any atom is -0.379 e. The van der Waals surface area contributed by atoms with E-state index in [1.54, 1.807) is 0 Å². The molecule has 1 unspecified atom stereocenters. The van der Waals surface area contributed by atoms with E-state index in [9.17, 15) is 4.79 Å². The van der Waals surface area contributed by atoms with Gasteiger partial charge < -0.3 is 9.64 Å². The number of hydrogen-bond donors (Lipinski definition) is 0. The van der Waals surface area contributed by atoms with Crippen molar-refractivity contribution in [1.82, 2.24) is 9.78 Å². The second-order valence-electron chi connectivity index (χ2n) is 7.28. The highest BCUT2D eigenvalue weighted by Crippen LogP contribution is 2.25. The Morgan fingerprint density at radius 3 is 2.54 bits per heavy atom. The summed E-state index contributed by atoms with van der Waals surface area (Å²) >= 11 is 0. The third-order valence-electron chi connectivity index (χ3n) is 4.27. The fourth-order valence-electron chi connectivity index (χ4n) is 3.19. The summed E-state index contributed by atoms with van der Waals surface area (Å²) in [5.74, 6) is -0.0669. The monoisotopic (exact) mass is 327 g/mol. The number of benzene rings is 1. The molecule has 1 aromatic carbocycles. The lowest BCUT2D eigenvalue weighted by Gasteiger charge is -2.27. The predicted octanol–water partition coefficient (Wildman–Crippen LogP) is 3.38. The van der Waals surface area contributed by atoms with Crippen molar-refractivity contribution in [3.8, 4) is 0 Å². The van der Waals surface area contributed by atoms with E-state index in [2.05, 4.69) is 25.9 Å². The van der Waals surface area contributed by atoms with Crippen LogP contribution in [0.5, 0.6) is 0 Å². The summed E-state index contributed by atoms with van der Waals surface area (Å²) in [6.45, 7) is 9.50. The summed E-state index contributed by atoms with van der Waals surface area (Å²) in [5.41, 5.74) is 2.21. The first-order valence-corrected chi connectivity index (χ1v) is 8.41. The Bertz CT molecular complexity index is 710. The Kier molecular flexibility index (Phi) is 4.45. The van der Waals surface area contributed by atoms with E-state index in [4.69, 9.17) is 4.74 Å². The van der Waals surface area contributed by atoms with Crippen LogP contribution in [0.2, 0.25) is 0 Å². The molecule has 2 heterocycles. The van der Waals surface area contributed by atoms with Gasteiger partial charge in [-0.2, -0.15) is 5.10 Å². The van der Waals surface area contributed by atoms with Crippen LogP contribution in [0.15, 0.2) is 36.4 Å². The van der Waals surface area contributed by atoms with Crippen LogP contribution in [0.25, 0.3) is 0 Å². The zero-order valence-corrected chi connectivity index (χ0v) is 14.8. The second-order valence-corrected chi connectivity index (χ2v) is 7.28. The van der Waals surface area contributed by atoms with E-state index in [1.807, 2.05) is 52.9 Å². The van der Waals surface area contributed by atoms with Crippen LogP contribution in [0.3, 0.4) is 0 Å². The maximum absolute atomic E-state index is 13.2. The molecule has 2 aromatic rings. The first kappa shape index (κ1) is 16.7. The van der Waals surface area contributed by atoms with Crippen molar-refractivity contribution >= 4 is 11.6 Å². The van der Waals surface area contributed by atoms with Crippen molar-refractivity contribution in [2.75, 3.05) is 18.1 Å². The van der Waals surface area contributed by atoms with Gasteiger partial charge in [-0.25, -0.2) is 0 Å². The van der Waals surface area contributed by atoms with Crippen molar-refractivity contribution < 1.29 is 9.53 Å². The third-order valence-corrected chi connectivity index (χ3v) is 4.27. The number of amides is 1. The molecular formula is C19H25N3O2. The number of para-hydroxylation sites is 1. The molecule has 0 radical (unpaired) electrons. The summed E-state index contributed by atoms with van der Waals surface area (Å²) in [6.07, 6.45) is 0.847. The largest absolute Gasteiger partial charge is 0.379 e. The maximum Gasteiger partial charge on any atom is 0.279 e. The molecule has 0 N–H and O–H groups in total. The van der Waals surface area contributed by atoms with Gasteiger partial charge in [-0.3, -0.25) is 9.48 Å². The Morgan fingerprint density at radius 2 is 2.00 bits per heavy atom. The van der Waals surface area contributed by atoms with Crippen LogP contribution >= 0.6 is 0 Å². The number of carbonyl (C=O) groups excluding carboxylic acids is 1. The van der Waals surface area contributed by atoms with E-state index in [0.29, 0.717) is 18.9 Å². The number of carbonyl (C=O) groups is 1. The smallest absolute Gasteiger partial charge is 0.279 e. The Balaban J connectivity index is 1.98. The van der Waals surface area contributed by atoms with Crippen LogP contribution in [-0.4, -0.2) is 34.9 Å². The first-order valence-electron chi connectivity index (χ1n) is 8.41. The van der Waals surface area contributed by atoms with Crippen LogP contribution in [0.1, 0.15) is 43.4 Å². The van der Waals surface area contributed by atoms with E-state index in [-0.39, 0.29) is 17.5 Å². The topological polar surface area (TPSA) is 47.4 Å². The van der Waals surface area contributed by atoms with Crippen LogP contribution in [0.4, 0.5) is 5.69 Å². The highest BCUT2D eigenvalue weighted by atomic mass is 16.5. The maximum atomic E-state index is 13.2. The molecule has 3 rings (SSSR count). The van der Waals surface area contributed by atoms with Crippen LogP contribution < -0.4 is 4.90 Å². The molecule has 1 atom stereocenters. The van der Waals surface area contributed by atoms with Gasteiger partial charge in [0.15, 0.2) is 5.69 Å². The molecule has 0 saturated carbocycles. The van der Waals surface area contributed by atoms with Gasteiger partial charge in [0.05, 0.1) is 18.2 Å². The van der Waals surface area contributed by atoms with Crippen molar-refractivity contribution in [2.24, 2.45) is 0 Å². The number of aromatic nitrogens is 2. The van der Waals surface area contributed by atoms with E-state index >= 15 is 0 Å². The minimum atomic E-state index is -0.156. The SMILES string of the molecule is Cc1cc(C(=O)N(c2ccccc2)C2CCOC2)nn1C(C)(C)C. The van der Waals surface area contributed by atoms with Gasteiger partial charge in [-0.05, 0) is 52.3 Å². The van der Waals surface area contributed by atoms with Gasteiger partial charge in [-0.1, -0.05) is 18.2 Å². The van der Waals surface area contributed by atoms with E-state index < -0.39 is 0 Å². The van der Waals surface area contributed by atoms with Gasteiger partial charge in [0.2, 0.25) is 0 Å². The Labute approximate surface area is 143 Å². The molecule has 128 valence electrons. The number of nitrogens with zero attached hydrogens (tertiary/aromatic N) is 3. The van der Waals surface area contributed by atoms with E-state index in [1.165, 1.54) is 0 Å². The molecule has 0 spiro atoms. The van der Waals surface area contributed by atoms with Gasteiger partial charge >= 0.3 is 0 Å². The number of aryl methyl sites for hydroxylation is 1. The van der Waals surface area contributed by atoms with Gasteiger partial charge in [0.25, 0.3) is 5.91 Å². The number of hydrogen-bond acceptors (Lipinski definition) is 3. The molecule has 1 aliphatic rings. The molecule has 1 aromatic heterocycles. The summed E-state index contributed by atoms with van der Waals surface area (Å²) in [5, 5.41) is 4.58. The lowest BCUT2D eigenvalue weighted by molar-refractivity contribution is 0.0965. The molecule has 1 amide bonds. The second kappa shape index (κ2) is 6.40. The number of rotatable bonds is 3. The summed E-state index contributed by atoms with van der Waals surface area (Å²) in [4.78, 5) is 15.1. The standard InChI is InChI=1S/C19H25N3O2/c1-14-12-17(20-22(14)19(2,3)4)18(23)21(16-10-11-24-13-16)15-8-6-5-7-9-15/h5-9,12,16H,10-11,13H2,1-4H3.